The molecule has 0 aliphatic carbocycles. The third-order valence-electron chi connectivity index (χ3n) is 4.74. The predicted octanol–water partition coefficient (Wildman–Crippen LogP) is 4.68. The fraction of sp³-hybridized carbons (Fsp3) is 0.190. The molecule has 6 nitrogen and oxygen atoms in total. The minimum Gasteiger partial charge on any atom is -0.439 e. The first-order chi connectivity index (χ1) is 14.5. The maximum absolute atomic E-state index is 13.3. The summed E-state index contributed by atoms with van der Waals surface area (Å²) in [4.78, 5) is 24.9. The summed E-state index contributed by atoms with van der Waals surface area (Å²) in [5.41, 5.74) is 0.503. The van der Waals surface area contributed by atoms with E-state index < -0.39 is 5.82 Å². The summed E-state index contributed by atoms with van der Waals surface area (Å²) in [5, 5.41) is 0.421. The van der Waals surface area contributed by atoms with Crippen molar-refractivity contribution in [2.24, 2.45) is 0 Å². The summed E-state index contributed by atoms with van der Waals surface area (Å²) in [6.45, 7) is 2.29. The minimum atomic E-state index is -0.517. The monoisotopic (exact) mass is 446 g/mol. The molecular formula is C21H17Cl2FN4O2. The van der Waals surface area contributed by atoms with Crippen LogP contribution in [-0.2, 0) is 0 Å². The van der Waals surface area contributed by atoms with E-state index in [-0.39, 0.29) is 10.9 Å². The Balaban J connectivity index is 1.41. The van der Waals surface area contributed by atoms with Crippen LogP contribution in [0, 0.1) is 5.82 Å². The number of aromatic nitrogens is 2. The molecule has 1 amide bonds. The molecule has 0 spiro atoms. The third-order valence-corrected chi connectivity index (χ3v) is 5.36. The first kappa shape index (κ1) is 20.4. The Labute approximate surface area is 182 Å². The van der Waals surface area contributed by atoms with E-state index in [0.717, 1.165) is 0 Å². The number of hydrogen-bond donors (Lipinski definition) is 0. The second-order valence-corrected chi connectivity index (χ2v) is 7.47. The Morgan fingerprint density at radius 1 is 0.967 bits per heavy atom. The molecule has 30 heavy (non-hydrogen) atoms. The van der Waals surface area contributed by atoms with E-state index in [4.69, 9.17) is 27.9 Å². The van der Waals surface area contributed by atoms with Gasteiger partial charge in [-0.1, -0.05) is 35.3 Å². The number of benzene rings is 2. The summed E-state index contributed by atoms with van der Waals surface area (Å²) >= 11 is 11.9. The van der Waals surface area contributed by atoms with Gasteiger partial charge in [-0.2, -0.15) is 0 Å². The van der Waals surface area contributed by atoms with Crippen LogP contribution in [0.2, 0.25) is 10.0 Å². The van der Waals surface area contributed by atoms with Crippen molar-refractivity contribution >= 4 is 34.9 Å². The van der Waals surface area contributed by atoms with Gasteiger partial charge in [0, 0.05) is 38.3 Å². The number of nitrogens with zero attached hydrogens (tertiary/aromatic N) is 4. The van der Waals surface area contributed by atoms with Crippen LogP contribution in [-0.4, -0.2) is 47.0 Å². The van der Waals surface area contributed by atoms with Crippen molar-refractivity contribution in [1.82, 2.24) is 14.9 Å². The van der Waals surface area contributed by atoms with Gasteiger partial charge in [0.2, 0.25) is 5.88 Å². The van der Waals surface area contributed by atoms with Crippen LogP contribution < -0.4 is 9.64 Å². The Kier molecular flexibility index (Phi) is 6.01. The number of amides is 1. The average molecular weight is 447 g/mol. The lowest BCUT2D eigenvalue weighted by atomic mass is 10.2. The number of rotatable bonds is 4. The Morgan fingerprint density at radius 3 is 2.47 bits per heavy atom. The van der Waals surface area contributed by atoms with Gasteiger partial charge in [0.25, 0.3) is 5.91 Å². The highest BCUT2D eigenvalue weighted by Crippen LogP contribution is 2.27. The number of hydrogen-bond acceptors (Lipinski definition) is 5. The molecule has 2 aromatic carbocycles. The highest BCUT2D eigenvalue weighted by Gasteiger charge is 2.24. The van der Waals surface area contributed by atoms with Gasteiger partial charge in [0.05, 0.1) is 15.6 Å². The van der Waals surface area contributed by atoms with E-state index in [1.807, 2.05) is 4.90 Å². The first-order valence-corrected chi connectivity index (χ1v) is 10.0. The predicted molar refractivity (Wildman–Crippen MR) is 113 cm³/mol. The fourth-order valence-corrected chi connectivity index (χ4v) is 3.55. The lowest BCUT2D eigenvalue weighted by molar-refractivity contribution is 0.0746. The number of carbonyl (C=O) groups is 1. The van der Waals surface area contributed by atoms with Crippen molar-refractivity contribution in [2.45, 2.75) is 0 Å². The van der Waals surface area contributed by atoms with E-state index in [1.54, 1.807) is 35.2 Å². The zero-order valence-corrected chi connectivity index (χ0v) is 17.3. The SMILES string of the molecule is O=C(c1ccccc1Cl)N1CCN(c2cc(Oc3ccc(F)c(Cl)c3)ncn2)CC1. The summed E-state index contributed by atoms with van der Waals surface area (Å²) < 4.78 is 19.0. The minimum absolute atomic E-state index is 0.0268. The lowest BCUT2D eigenvalue weighted by Crippen LogP contribution is -2.49. The molecule has 0 unspecified atom stereocenters. The second-order valence-electron chi connectivity index (χ2n) is 6.65. The first-order valence-electron chi connectivity index (χ1n) is 9.25. The van der Waals surface area contributed by atoms with Crippen LogP contribution in [0.4, 0.5) is 10.2 Å². The van der Waals surface area contributed by atoms with Crippen LogP contribution >= 0.6 is 23.2 Å². The van der Waals surface area contributed by atoms with Gasteiger partial charge < -0.3 is 14.5 Å². The van der Waals surface area contributed by atoms with Crippen molar-refractivity contribution in [1.29, 1.82) is 0 Å². The van der Waals surface area contributed by atoms with Crippen molar-refractivity contribution in [3.8, 4) is 11.6 Å². The smallest absolute Gasteiger partial charge is 0.255 e. The zero-order chi connectivity index (χ0) is 21.1. The van der Waals surface area contributed by atoms with Crippen LogP contribution in [0.15, 0.2) is 54.9 Å². The summed E-state index contributed by atoms with van der Waals surface area (Å²) in [6.07, 6.45) is 1.40. The van der Waals surface area contributed by atoms with Crippen LogP contribution in [0.1, 0.15) is 10.4 Å². The van der Waals surface area contributed by atoms with Crippen molar-refractivity contribution in [3.05, 3.63) is 76.3 Å². The molecule has 2 heterocycles. The van der Waals surface area contributed by atoms with Gasteiger partial charge in [0.15, 0.2) is 0 Å². The van der Waals surface area contributed by atoms with Gasteiger partial charge in [0.1, 0.15) is 23.7 Å². The molecule has 1 fully saturated rings. The highest BCUT2D eigenvalue weighted by atomic mass is 35.5. The van der Waals surface area contributed by atoms with E-state index >= 15 is 0 Å². The van der Waals surface area contributed by atoms with Crippen LogP contribution in [0.25, 0.3) is 0 Å². The quantitative estimate of drug-likeness (QED) is 0.582. The molecule has 0 saturated carbocycles. The molecule has 154 valence electrons. The number of ether oxygens (including phenoxy) is 1. The standard InChI is InChI=1S/C21H17Cl2FN4O2/c22-16-4-2-1-3-15(16)21(29)28-9-7-27(8-10-28)19-12-20(26-13-25-19)30-14-5-6-18(24)17(23)11-14/h1-6,11-13H,7-10H2. The Bertz CT molecular complexity index is 1070. The molecular weight excluding hydrogens is 430 g/mol. The lowest BCUT2D eigenvalue weighted by Gasteiger charge is -2.35. The number of carbonyl (C=O) groups excluding carboxylic acids is 1. The van der Waals surface area contributed by atoms with Crippen LogP contribution in [0.5, 0.6) is 11.6 Å². The highest BCUT2D eigenvalue weighted by molar-refractivity contribution is 6.33. The van der Waals surface area contributed by atoms with Crippen LogP contribution in [0.3, 0.4) is 0 Å². The Morgan fingerprint density at radius 2 is 1.73 bits per heavy atom. The van der Waals surface area contributed by atoms with Crippen molar-refractivity contribution in [3.63, 3.8) is 0 Å². The van der Waals surface area contributed by atoms with Gasteiger partial charge in [-0.25, -0.2) is 14.4 Å². The van der Waals surface area contributed by atoms with E-state index in [2.05, 4.69) is 9.97 Å². The largest absolute Gasteiger partial charge is 0.439 e. The molecule has 1 aliphatic heterocycles. The van der Waals surface area contributed by atoms with Gasteiger partial charge in [-0.15, -0.1) is 0 Å². The van der Waals surface area contributed by atoms with E-state index in [0.29, 0.717) is 54.2 Å². The van der Waals surface area contributed by atoms with E-state index in [1.165, 1.54) is 24.5 Å². The maximum Gasteiger partial charge on any atom is 0.255 e. The summed E-state index contributed by atoms with van der Waals surface area (Å²) in [5.74, 6) is 0.772. The summed E-state index contributed by atoms with van der Waals surface area (Å²) in [7, 11) is 0. The Hall–Kier alpha value is -2.90. The molecule has 1 aromatic heterocycles. The molecule has 0 atom stereocenters. The zero-order valence-electron chi connectivity index (χ0n) is 15.8. The molecule has 0 radical (unpaired) electrons. The molecule has 1 aliphatic rings. The number of piperazine rings is 1. The third kappa shape index (κ3) is 4.47. The normalized spacial score (nSPS) is 14.0. The number of anilines is 1. The van der Waals surface area contributed by atoms with Crippen molar-refractivity contribution < 1.29 is 13.9 Å². The molecule has 1 saturated heterocycles. The van der Waals surface area contributed by atoms with Gasteiger partial charge in [-0.3, -0.25) is 4.79 Å². The van der Waals surface area contributed by atoms with Gasteiger partial charge in [-0.05, 0) is 24.3 Å². The molecule has 0 N–H and O–H groups in total. The van der Waals surface area contributed by atoms with Gasteiger partial charge >= 0.3 is 0 Å². The topological polar surface area (TPSA) is 58.6 Å². The molecule has 0 bridgehead atoms. The molecule has 4 rings (SSSR count). The maximum atomic E-state index is 13.3. The fourth-order valence-electron chi connectivity index (χ4n) is 3.16. The summed E-state index contributed by atoms with van der Waals surface area (Å²) in [6, 6.07) is 12.8. The molecule has 3 aromatic rings. The number of halogens is 3. The molecule has 9 heteroatoms. The average Bonchev–Trinajstić information content (AvgIpc) is 2.76. The second kappa shape index (κ2) is 8.85. The van der Waals surface area contributed by atoms with E-state index in [9.17, 15) is 9.18 Å². The van der Waals surface area contributed by atoms with Crippen molar-refractivity contribution in [2.75, 3.05) is 31.1 Å².